The molecule has 5 aromatic rings. The normalized spacial score (nSPS) is 10.9. The Kier molecular flexibility index (Phi) is 6.10. The number of hydrogen-bond donors (Lipinski definition) is 3. The standard InChI is InChI=1S/C25H21N7O4/c1-15-27-12-20(30-23(34)21-14-36-24(31-21)16-5-3-2-4-6-16)25(35)32(15)13-22(33)28-11-18-9-17-10-26-8-7-19(17)29-18/h2-10,12,14,29H,11,13H2,1H3,(H,28,33)(H,30,34). The molecule has 11 heteroatoms. The number of benzene rings is 1. The summed E-state index contributed by atoms with van der Waals surface area (Å²) in [5.41, 5.74) is 1.80. The van der Waals surface area contributed by atoms with Crippen LogP contribution in [0.2, 0.25) is 0 Å². The maximum Gasteiger partial charge on any atom is 0.277 e. The van der Waals surface area contributed by atoms with E-state index in [2.05, 4.69) is 30.6 Å². The van der Waals surface area contributed by atoms with Gasteiger partial charge >= 0.3 is 0 Å². The quantitative estimate of drug-likeness (QED) is 0.322. The predicted molar refractivity (Wildman–Crippen MR) is 131 cm³/mol. The van der Waals surface area contributed by atoms with Crippen molar-refractivity contribution in [1.82, 2.24) is 29.8 Å². The molecule has 180 valence electrons. The summed E-state index contributed by atoms with van der Waals surface area (Å²) < 4.78 is 6.58. The third kappa shape index (κ3) is 4.75. The van der Waals surface area contributed by atoms with Gasteiger partial charge in [0.2, 0.25) is 11.8 Å². The van der Waals surface area contributed by atoms with Gasteiger partial charge in [-0.05, 0) is 31.2 Å². The van der Waals surface area contributed by atoms with Gasteiger partial charge in [-0.15, -0.1) is 0 Å². The highest BCUT2D eigenvalue weighted by atomic mass is 16.3. The van der Waals surface area contributed by atoms with E-state index in [0.717, 1.165) is 16.6 Å². The lowest BCUT2D eigenvalue weighted by Crippen LogP contribution is -2.35. The molecule has 4 heterocycles. The monoisotopic (exact) mass is 483 g/mol. The van der Waals surface area contributed by atoms with E-state index in [1.54, 1.807) is 31.5 Å². The van der Waals surface area contributed by atoms with Crippen molar-refractivity contribution in [2.24, 2.45) is 0 Å². The van der Waals surface area contributed by atoms with Crippen LogP contribution in [0.5, 0.6) is 0 Å². The van der Waals surface area contributed by atoms with E-state index in [9.17, 15) is 14.4 Å². The molecule has 0 radical (unpaired) electrons. The lowest BCUT2D eigenvalue weighted by molar-refractivity contribution is -0.121. The van der Waals surface area contributed by atoms with Crippen molar-refractivity contribution >= 4 is 28.4 Å². The predicted octanol–water partition coefficient (Wildman–Crippen LogP) is 2.65. The highest BCUT2D eigenvalue weighted by Crippen LogP contribution is 2.18. The van der Waals surface area contributed by atoms with Crippen molar-refractivity contribution in [3.63, 3.8) is 0 Å². The molecule has 36 heavy (non-hydrogen) atoms. The smallest absolute Gasteiger partial charge is 0.277 e. The van der Waals surface area contributed by atoms with E-state index >= 15 is 0 Å². The second-order valence-electron chi connectivity index (χ2n) is 8.00. The molecule has 0 unspecified atom stereocenters. The summed E-state index contributed by atoms with van der Waals surface area (Å²) >= 11 is 0. The Morgan fingerprint density at radius 3 is 2.78 bits per heavy atom. The van der Waals surface area contributed by atoms with Crippen LogP contribution in [0.1, 0.15) is 22.0 Å². The zero-order valence-electron chi connectivity index (χ0n) is 19.2. The molecule has 0 spiro atoms. The molecular formula is C25H21N7O4. The summed E-state index contributed by atoms with van der Waals surface area (Å²) in [7, 11) is 0. The van der Waals surface area contributed by atoms with E-state index in [1.165, 1.54) is 17.0 Å². The molecule has 0 saturated heterocycles. The summed E-state index contributed by atoms with van der Waals surface area (Å²) in [6.45, 7) is 1.60. The van der Waals surface area contributed by atoms with Gasteiger partial charge in [-0.1, -0.05) is 18.2 Å². The lowest BCUT2D eigenvalue weighted by atomic mass is 10.2. The van der Waals surface area contributed by atoms with Crippen molar-refractivity contribution in [2.45, 2.75) is 20.0 Å². The number of aromatic nitrogens is 5. The van der Waals surface area contributed by atoms with Crippen LogP contribution in [0.25, 0.3) is 22.4 Å². The minimum atomic E-state index is -0.631. The molecule has 4 aromatic heterocycles. The first-order valence-electron chi connectivity index (χ1n) is 11.0. The number of hydrogen-bond acceptors (Lipinski definition) is 7. The van der Waals surface area contributed by atoms with Gasteiger partial charge in [0.15, 0.2) is 5.69 Å². The van der Waals surface area contributed by atoms with Crippen molar-refractivity contribution in [3.8, 4) is 11.5 Å². The summed E-state index contributed by atoms with van der Waals surface area (Å²) in [6, 6.07) is 12.9. The van der Waals surface area contributed by atoms with Gasteiger partial charge in [-0.25, -0.2) is 9.97 Å². The fraction of sp³-hybridized carbons (Fsp3) is 0.120. The van der Waals surface area contributed by atoms with Crippen LogP contribution in [0.4, 0.5) is 5.69 Å². The average molecular weight is 483 g/mol. The Balaban J connectivity index is 1.26. The number of nitrogens with one attached hydrogen (secondary N) is 3. The van der Waals surface area contributed by atoms with Crippen LogP contribution in [-0.4, -0.2) is 36.3 Å². The number of anilines is 1. The van der Waals surface area contributed by atoms with Gasteiger partial charge in [-0.3, -0.25) is 23.9 Å². The van der Waals surface area contributed by atoms with Gasteiger partial charge in [0.1, 0.15) is 24.3 Å². The third-order valence-electron chi connectivity index (χ3n) is 5.51. The first-order valence-corrected chi connectivity index (χ1v) is 11.0. The molecule has 0 bridgehead atoms. The zero-order chi connectivity index (χ0) is 25.1. The van der Waals surface area contributed by atoms with Crippen molar-refractivity contribution < 1.29 is 14.0 Å². The second kappa shape index (κ2) is 9.66. The number of fused-ring (bicyclic) bond motifs is 1. The van der Waals surface area contributed by atoms with Crippen molar-refractivity contribution in [1.29, 1.82) is 0 Å². The van der Waals surface area contributed by atoms with Gasteiger partial charge in [0.05, 0.1) is 12.7 Å². The van der Waals surface area contributed by atoms with E-state index in [0.29, 0.717) is 11.4 Å². The van der Waals surface area contributed by atoms with E-state index in [-0.39, 0.29) is 36.3 Å². The number of aryl methyl sites for hydroxylation is 1. The highest BCUT2D eigenvalue weighted by molar-refractivity contribution is 6.02. The molecule has 1 aromatic carbocycles. The fourth-order valence-corrected chi connectivity index (χ4v) is 3.65. The third-order valence-corrected chi connectivity index (χ3v) is 5.51. The summed E-state index contributed by atoms with van der Waals surface area (Å²) in [6.07, 6.45) is 5.87. The van der Waals surface area contributed by atoms with Crippen LogP contribution in [0, 0.1) is 6.92 Å². The number of pyridine rings is 1. The Morgan fingerprint density at radius 1 is 1.14 bits per heavy atom. The lowest BCUT2D eigenvalue weighted by Gasteiger charge is -2.11. The summed E-state index contributed by atoms with van der Waals surface area (Å²) in [5.74, 6) is -0.403. The number of oxazole rings is 1. The number of amides is 2. The van der Waals surface area contributed by atoms with Gasteiger partial charge in [0.25, 0.3) is 11.5 Å². The topological polar surface area (TPSA) is 148 Å². The molecule has 0 atom stereocenters. The van der Waals surface area contributed by atoms with Crippen LogP contribution >= 0.6 is 0 Å². The molecule has 11 nitrogen and oxygen atoms in total. The van der Waals surface area contributed by atoms with E-state index in [1.807, 2.05) is 30.3 Å². The number of H-pyrrole nitrogens is 1. The minimum absolute atomic E-state index is 0.00616. The zero-order valence-corrected chi connectivity index (χ0v) is 19.2. The molecule has 0 fully saturated rings. The SMILES string of the molecule is Cc1ncc(NC(=O)c2coc(-c3ccccc3)n2)c(=O)n1CC(=O)NCc1cc2cnccc2[nH]1. The van der Waals surface area contributed by atoms with Gasteiger partial charge in [-0.2, -0.15) is 0 Å². The number of nitrogens with zero attached hydrogens (tertiary/aromatic N) is 4. The Morgan fingerprint density at radius 2 is 1.97 bits per heavy atom. The molecule has 3 N–H and O–H groups in total. The van der Waals surface area contributed by atoms with Crippen LogP contribution < -0.4 is 16.2 Å². The van der Waals surface area contributed by atoms with Crippen molar-refractivity contribution in [2.75, 3.05) is 5.32 Å². The van der Waals surface area contributed by atoms with E-state index < -0.39 is 11.5 Å². The molecular weight excluding hydrogens is 462 g/mol. The second-order valence-corrected chi connectivity index (χ2v) is 8.00. The molecule has 0 saturated carbocycles. The maximum absolute atomic E-state index is 13.0. The Labute approximate surface area is 204 Å². The first-order chi connectivity index (χ1) is 17.5. The maximum atomic E-state index is 13.0. The number of rotatable bonds is 7. The molecule has 0 aliphatic heterocycles. The van der Waals surface area contributed by atoms with Crippen LogP contribution in [0.3, 0.4) is 0 Å². The number of aromatic amines is 1. The summed E-state index contributed by atoms with van der Waals surface area (Å²) in [4.78, 5) is 53.8. The molecule has 5 rings (SSSR count). The van der Waals surface area contributed by atoms with Crippen LogP contribution in [0.15, 0.2) is 76.5 Å². The van der Waals surface area contributed by atoms with Gasteiger partial charge < -0.3 is 20.0 Å². The van der Waals surface area contributed by atoms with E-state index in [4.69, 9.17) is 4.42 Å². The number of carbonyl (C=O) groups excluding carboxylic acids is 2. The molecule has 0 aliphatic rings. The Hall–Kier alpha value is -5.06. The first kappa shape index (κ1) is 22.7. The minimum Gasteiger partial charge on any atom is -0.444 e. The van der Waals surface area contributed by atoms with Crippen LogP contribution in [-0.2, 0) is 17.9 Å². The molecule has 0 aliphatic carbocycles. The molecule has 2 amide bonds. The largest absolute Gasteiger partial charge is 0.444 e. The summed E-state index contributed by atoms with van der Waals surface area (Å²) in [5, 5.41) is 6.22. The average Bonchev–Trinajstić information content (AvgIpc) is 3.55. The van der Waals surface area contributed by atoms with Crippen molar-refractivity contribution in [3.05, 3.63) is 94.9 Å². The number of carbonyl (C=O) groups is 2. The fourth-order valence-electron chi connectivity index (χ4n) is 3.65. The van der Waals surface area contributed by atoms with Gasteiger partial charge in [0, 0.05) is 34.6 Å². The Bertz CT molecular complexity index is 1590. The highest BCUT2D eigenvalue weighted by Gasteiger charge is 2.17.